The third-order valence-electron chi connectivity index (χ3n) is 6.25. The minimum absolute atomic E-state index is 0.0456. The van der Waals surface area contributed by atoms with Gasteiger partial charge in [0.15, 0.2) is 0 Å². The minimum Gasteiger partial charge on any atom is -0.353 e. The normalized spacial score (nSPS) is 25.0. The molecule has 0 aromatic heterocycles. The van der Waals surface area contributed by atoms with E-state index < -0.39 is 0 Å². The lowest BCUT2D eigenvalue weighted by molar-refractivity contribution is -0.127. The van der Waals surface area contributed by atoms with Gasteiger partial charge < -0.3 is 15.5 Å². The molecule has 3 fully saturated rings. The second-order valence-electron chi connectivity index (χ2n) is 7.94. The molecule has 4 rings (SSSR count). The van der Waals surface area contributed by atoms with E-state index in [1.54, 1.807) is 0 Å². The summed E-state index contributed by atoms with van der Waals surface area (Å²) in [5.41, 5.74) is 1.46. The predicted octanol–water partition coefficient (Wildman–Crippen LogP) is 1.23. The van der Waals surface area contributed by atoms with Gasteiger partial charge in [-0.25, -0.2) is 4.79 Å². The molecule has 0 aliphatic carbocycles. The Morgan fingerprint density at radius 2 is 1.96 bits per heavy atom. The number of hydrogen-bond donors (Lipinski definition) is 2. The van der Waals surface area contributed by atoms with Crippen molar-refractivity contribution >= 4 is 11.9 Å². The van der Waals surface area contributed by atoms with E-state index in [-0.39, 0.29) is 23.4 Å². The molecular formula is C20H28N4O2. The van der Waals surface area contributed by atoms with E-state index in [0.29, 0.717) is 6.54 Å². The van der Waals surface area contributed by atoms with Crippen LogP contribution in [0, 0.1) is 5.41 Å². The number of urea groups is 1. The summed E-state index contributed by atoms with van der Waals surface area (Å²) in [7, 11) is 0. The Morgan fingerprint density at radius 3 is 2.69 bits per heavy atom. The molecule has 26 heavy (non-hydrogen) atoms. The van der Waals surface area contributed by atoms with E-state index in [2.05, 4.69) is 27.7 Å². The van der Waals surface area contributed by atoms with E-state index >= 15 is 0 Å². The van der Waals surface area contributed by atoms with Crippen LogP contribution in [0.1, 0.15) is 24.8 Å². The first-order valence-corrected chi connectivity index (χ1v) is 9.74. The second-order valence-corrected chi connectivity index (χ2v) is 7.94. The fourth-order valence-corrected chi connectivity index (χ4v) is 4.70. The van der Waals surface area contributed by atoms with Crippen LogP contribution in [0.15, 0.2) is 30.3 Å². The fraction of sp³-hybridized carbons (Fsp3) is 0.600. The molecule has 6 heteroatoms. The zero-order chi connectivity index (χ0) is 18.0. The Kier molecular flexibility index (Phi) is 4.85. The van der Waals surface area contributed by atoms with Crippen LogP contribution in [-0.2, 0) is 11.2 Å². The van der Waals surface area contributed by atoms with Gasteiger partial charge in [0.25, 0.3) is 0 Å². The van der Waals surface area contributed by atoms with Crippen molar-refractivity contribution in [1.29, 1.82) is 0 Å². The molecule has 2 N–H and O–H groups in total. The van der Waals surface area contributed by atoms with Gasteiger partial charge in [0.1, 0.15) is 0 Å². The molecule has 3 amide bonds. The number of likely N-dealkylation sites (tertiary alicyclic amines) is 1. The van der Waals surface area contributed by atoms with Crippen molar-refractivity contribution in [3.05, 3.63) is 35.9 Å². The van der Waals surface area contributed by atoms with Crippen molar-refractivity contribution in [3.63, 3.8) is 0 Å². The first kappa shape index (κ1) is 17.3. The SMILES string of the molecule is O=C1NCCN2CC3(CCN(C(=O)NCCc4ccccc4)CC3)CC12. The molecule has 6 nitrogen and oxygen atoms in total. The molecule has 1 unspecified atom stereocenters. The third-order valence-corrected chi connectivity index (χ3v) is 6.25. The summed E-state index contributed by atoms with van der Waals surface area (Å²) >= 11 is 0. The number of piperazine rings is 1. The molecule has 1 atom stereocenters. The number of amides is 3. The average molecular weight is 356 g/mol. The van der Waals surface area contributed by atoms with Crippen LogP contribution in [0.2, 0.25) is 0 Å². The summed E-state index contributed by atoms with van der Waals surface area (Å²) in [6, 6.07) is 10.3. The molecule has 3 saturated heterocycles. The van der Waals surface area contributed by atoms with Crippen LogP contribution in [0.25, 0.3) is 0 Å². The Labute approximate surface area is 154 Å². The lowest BCUT2D eigenvalue weighted by Crippen LogP contribution is -2.52. The summed E-state index contributed by atoms with van der Waals surface area (Å²) in [6.45, 7) is 4.98. The zero-order valence-electron chi connectivity index (χ0n) is 15.2. The number of rotatable bonds is 3. The molecule has 0 bridgehead atoms. The van der Waals surface area contributed by atoms with E-state index in [9.17, 15) is 9.59 Å². The maximum atomic E-state index is 12.4. The van der Waals surface area contributed by atoms with Gasteiger partial charge in [-0.2, -0.15) is 0 Å². The van der Waals surface area contributed by atoms with Crippen molar-refractivity contribution in [2.75, 3.05) is 39.3 Å². The number of hydrogen-bond acceptors (Lipinski definition) is 3. The van der Waals surface area contributed by atoms with Crippen molar-refractivity contribution in [3.8, 4) is 0 Å². The van der Waals surface area contributed by atoms with Gasteiger partial charge in [0.05, 0.1) is 6.04 Å². The molecule has 3 heterocycles. The van der Waals surface area contributed by atoms with E-state index in [1.165, 1.54) is 5.56 Å². The fourth-order valence-electron chi connectivity index (χ4n) is 4.70. The molecule has 1 aromatic rings. The standard InChI is InChI=1S/C20H28N4O2/c25-18-17-14-20(15-24(17)13-10-21-18)7-11-23(12-8-20)19(26)22-9-6-16-4-2-1-3-5-16/h1-5,17H,6-15H2,(H,21,25)(H,22,26). The number of piperidine rings is 1. The van der Waals surface area contributed by atoms with E-state index in [1.807, 2.05) is 23.1 Å². The van der Waals surface area contributed by atoms with Crippen LogP contribution in [0.5, 0.6) is 0 Å². The average Bonchev–Trinajstić information content (AvgIpc) is 3.02. The van der Waals surface area contributed by atoms with Crippen molar-refractivity contribution in [2.45, 2.75) is 31.7 Å². The summed E-state index contributed by atoms with van der Waals surface area (Å²) in [6.07, 6.45) is 3.80. The Bertz CT molecular complexity index is 655. The lowest BCUT2D eigenvalue weighted by atomic mass is 9.76. The number of carbonyl (C=O) groups excluding carboxylic acids is 2. The van der Waals surface area contributed by atoms with Crippen LogP contribution in [0.3, 0.4) is 0 Å². The topological polar surface area (TPSA) is 64.7 Å². The second kappa shape index (κ2) is 7.27. The number of nitrogens with one attached hydrogen (secondary N) is 2. The van der Waals surface area contributed by atoms with Crippen LogP contribution >= 0.6 is 0 Å². The largest absolute Gasteiger partial charge is 0.353 e. The molecule has 1 spiro atoms. The monoisotopic (exact) mass is 356 g/mol. The summed E-state index contributed by atoms with van der Waals surface area (Å²) in [4.78, 5) is 28.8. The quantitative estimate of drug-likeness (QED) is 0.856. The highest BCUT2D eigenvalue weighted by molar-refractivity contribution is 5.83. The maximum absolute atomic E-state index is 12.4. The first-order chi connectivity index (χ1) is 12.7. The van der Waals surface area contributed by atoms with Crippen molar-refractivity contribution in [1.82, 2.24) is 20.4 Å². The number of carbonyl (C=O) groups is 2. The van der Waals surface area contributed by atoms with Gasteiger partial charge >= 0.3 is 6.03 Å². The maximum Gasteiger partial charge on any atom is 0.317 e. The van der Waals surface area contributed by atoms with E-state index in [0.717, 1.165) is 58.4 Å². The number of benzene rings is 1. The summed E-state index contributed by atoms with van der Waals surface area (Å²) < 4.78 is 0. The van der Waals surface area contributed by atoms with E-state index in [4.69, 9.17) is 0 Å². The van der Waals surface area contributed by atoms with Gasteiger partial charge in [0.2, 0.25) is 5.91 Å². The minimum atomic E-state index is 0.0456. The molecule has 1 aromatic carbocycles. The van der Waals surface area contributed by atoms with Gasteiger partial charge in [-0.05, 0) is 36.7 Å². The van der Waals surface area contributed by atoms with Gasteiger partial charge in [0, 0.05) is 39.3 Å². The van der Waals surface area contributed by atoms with Gasteiger partial charge in [-0.3, -0.25) is 9.69 Å². The van der Waals surface area contributed by atoms with Crippen LogP contribution in [-0.4, -0.2) is 67.0 Å². The molecule has 0 radical (unpaired) electrons. The lowest BCUT2D eigenvalue weighted by Gasteiger charge is -2.39. The van der Waals surface area contributed by atoms with Crippen LogP contribution in [0.4, 0.5) is 4.79 Å². The Morgan fingerprint density at radius 1 is 1.19 bits per heavy atom. The molecule has 0 saturated carbocycles. The Balaban J connectivity index is 1.24. The highest BCUT2D eigenvalue weighted by Gasteiger charge is 2.49. The molecule has 140 valence electrons. The molecule has 3 aliphatic heterocycles. The van der Waals surface area contributed by atoms with Gasteiger partial charge in [-0.15, -0.1) is 0 Å². The summed E-state index contributed by atoms with van der Waals surface area (Å²) in [5, 5.41) is 6.03. The third kappa shape index (κ3) is 3.56. The first-order valence-electron chi connectivity index (χ1n) is 9.74. The van der Waals surface area contributed by atoms with Gasteiger partial charge in [-0.1, -0.05) is 30.3 Å². The predicted molar refractivity (Wildman–Crippen MR) is 99.8 cm³/mol. The van der Waals surface area contributed by atoms with Crippen molar-refractivity contribution < 1.29 is 9.59 Å². The zero-order valence-corrected chi connectivity index (χ0v) is 15.2. The summed E-state index contributed by atoms with van der Waals surface area (Å²) in [5.74, 6) is 0.189. The highest BCUT2D eigenvalue weighted by Crippen LogP contribution is 2.43. The van der Waals surface area contributed by atoms with Crippen LogP contribution < -0.4 is 10.6 Å². The smallest absolute Gasteiger partial charge is 0.317 e. The van der Waals surface area contributed by atoms with Crippen molar-refractivity contribution in [2.24, 2.45) is 5.41 Å². The number of nitrogens with zero attached hydrogens (tertiary/aromatic N) is 2. The number of fused-ring (bicyclic) bond motifs is 1. The highest BCUT2D eigenvalue weighted by atomic mass is 16.2. The molecular weight excluding hydrogens is 328 g/mol. The molecule has 3 aliphatic rings. The Hall–Kier alpha value is -2.08.